The van der Waals surface area contributed by atoms with Gasteiger partial charge in [-0.2, -0.15) is 0 Å². The number of amides is 1. The number of rotatable bonds is 4. The molecule has 0 unspecified atom stereocenters. The second-order valence-corrected chi connectivity index (χ2v) is 6.32. The predicted octanol–water partition coefficient (Wildman–Crippen LogP) is 4.32. The fraction of sp³-hybridized carbons (Fsp3) is 0.0500. The van der Waals surface area contributed by atoms with Crippen molar-refractivity contribution in [3.8, 4) is 0 Å². The van der Waals surface area contributed by atoms with Crippen LogP contribution in [0.2, 0.25) is 0 Å². The number of anilines is 1. The van der Waals surface area contributed by atoms with Crippen LogP contribution in [-0.4, -0.2) is 11.0 Å². The number of hydrogen-bond acceptors (Lipinski definition) is 2. The summed E-state index contributed by atoms with van der Waals surface area (Å²) < 4.78 is 0.850. The topological polar surface area (TPSA) is 49.3 Å². The third kappa shape index (κ3) is 3.25. The molecule has 0 aliphatic carbocycles. The van der Waals surface area contributed by atoms with E-state index in [1.165, 1.54) is 0 Å². The molecule has 24 heavy (non-hydrogen) atoms. The van der Waals surface area contributed by atoms with Crippen molar-refractivity contribution >= 4 is 27.5 Å². The van der Waals surface area contributed by atoms with Crippen LogP contribution in [0.1, 0.15) is 11.1 Å². The highest BCUT2D eigenvalue weighted by molar-refractivity contribution is 9.10. The van der Waals surface area contributed by atoms with Crippen LogP contribution in [0.3, 0.4) is 0 Å². The number of carbonyl (C=O) groups is 1. The van der Waals surface area contributed by atoms with Crippen molar-refractivity contribution in [2.45, 2.75) is 5.60 Å². The Morgan fingerprint density at radius 1 is 0.833 bits per heavy atom. The van der Waals surface area contributed by atoms with Gasteiger partial charge in [0.25, 0.3) is 5.91 Å². The molecule has 3 aromatic rings. The molecule has 3 rings (SSSR count). The van der Waals surface area contributed by atoms with Crippen LogP contribution in [0.5, 0.6) is 0 Å². The third-order valence-corrected chi connectivity index (χ3v) is 4.29. The molecule has 3 nitrogen and oxygen atoms in total. The number of carbonyl (C=O) groups excluding carboxylic acids is 1. The van der Waals surface area contributed by atoms with Gasteiger partial charge in [0.2, 0.25) is 0 Å². The number of aliphatic hydroxyl groups is 1. The fourth-order valence-electron chi connectivity index (χ4n) is 2.58. The molecule has 120 valence electrons. The molecular weight excluding hydrogens is 366 g/mol. The molecule has 2 N–H and O–H groups in total. The lowest BCUT2D eigenvalue weighted by molar-refractivity contribution is -0.131. The molecule has 0 heterocycles. The van der Waals surface area contributed by atoms with Crippen molar-refractivity contribution in [1.82, 2.24) is 0 Å². The van der Waals surface area contributed by atoms with Gasteiger partial charge in [-0.15, -0.1) is 0 Å². The molecular formula is C20H16BrNO2. The van der Waals surface area contributed by atoms with E-state index in [4.69, 9.17) is 0 Å². The van der Waals surface area contributed by atoms with Crippen molar-refractivity contribution in [2.75, 3.05) is 5.32 Å². The maximum Gasteiger partial charge on any atom is 0.265 e. The SMILES string of the molecule is O=C(Nc1cccc(Br)c1)C(O)(c1ccccc1)c1ccccc1. The molecule has 0 saturated heterocycles. The van der Waals surface area contributed by atoms with Gasteiger partial charge in [0.05, 0.1) is 0 Å². The first-order valence-electron chi connectivity index (χ1n) is 7.51. The average molecular weight is 382 g/mol. The Morgan fingerprint density at radius 3 is 1.88 bits per heavy atom. The molecule has 0 aromatic heterocycles. The van der Waals surface area contributed by atoms with E-state index in [1.54, 1.807) is 60.7 Å². The van der Waals surface area contributed by atoms with Gasteiger partial charge < -0.3 is 10.4 Å². The monoisotopic (exact) mass is 381 g/mol. The van der Waals surface area contributed by atoms with Gasteiger partial charge in [0, 0.05) is 10.2 Å². The first-order chi connectivity index (χ1) is 11.6. The molecule has 0 saturated carbocycles. The van der Waals surface area contributed by atoms with E-state index < -0.39 is 11.5 Å². The van der Waals surface area contributed by atoms with Crippen molar-refractivity contribution in [1.29, 1.82) is 0 Å². The van der Waals surface area contributed by atoms with Crippen molar-refractivity contribution in [3.05, 3.63) is 101 Å². The predicted molar refractivity (Wildman–Crippen MR) is 98.7 cm³/mol. The quantitative estimate of drug-likeness (QED) is 0.706. The van der Waals surface area contributed by atoms with Gasteiger partial charge in [0.1, 0.15) is 0 Å². The van der Waals surface area contributed by atoms with Crippen molar-refractivity contribution in [2.24, 2.45) is 0 Å². The Kier molecular flexibility index (Phi) is 4.79. The summed E-state index contributed by atoms with van der Waals surface area (Å²) in [7, 11) is 0. The lowest BCUT2D eigenvalue weighted by Crippen LogP contribution is -2.41. The maximum absolute atomic E-state index is 13.0. The summed E-state index contributed by atoms with van der Waals surface area (Å²) in [4.78, 5) is 13.0. The highest BCUT2D eigenvalue weighted by Crippen LogP contribution is 2.31. The zero-order chi connectivity index (χ0) is 17.0. The van der Waals surface area contributed by atoms with E-state index in [0.717, 1.165) is 4.47 Å². The third-order valence-electron chi connectivity index (χ3n) is 3.79. The Labute approximate surface area is 149 Å². The Morgan fingerprint density at radius 2 is 1.38 bits per heavy atom. The number of benzene rings is 3. The number of halogens is 1. The molecule has 0 radical (unpaired) electrons. The zero-order valence-electron chi connectivity index (χ0n) is 12.8. The van der Waals surface area contributed by atoms with Gasteiger partial charge in [-0.3, -0.25) is 4.79 Å². The second kappa shape index (κ2) is 6.99. The summed E-state index contributed by atoms with van der Waals surface area (Å²) in [6.45, 7) is 0. The molecule has 0 aliphatic heterocycles. The first kappa shape index (κ1) is 16.4. The second-order valence-electron chi connectivity index (χ2n) is 5.41. The highest BCUT2D eigenvalue weighted by atomic mass is 79.9. The molecule has 0 bridgehead atoms. The van der Waals surface area contributed by atoms with Crippen LogP contribution < -0.4 is 5.32 Å². The largest absolute Gasteiger partial charge is 0.372 e. The Bertz CT molecular complexity index is 795. The maximum atomic E-state index is 13.0. The summed E-state index contributed by atoms with van der Waals surface area (Å²) >= 11 is 3.38. The summed E-state index contributed by atoms with van der Waals surface area (Å²) in [6.07, 6.45) is 0. The first-order valence-corrected chi connectivity index (χ1v) is 8.30. The van der Waals surface area contributed by atoms with Crippen LogP contribution in [-0.2, 0) is 10.4 Å². The van der Waals surface area contributed by atoms with Gasteiger partial charge in [0.15, 0.2) is 5.60 Å². The smallest absolute Gasteiger partial charge is 0.265 e. The van der Waals surface area contributed by atoms with Gasteiger partial charge in [-0.05, 0) is 29.3 Å². The van der Waals surface area contributed by atoms with Gasteiger partial charge in [-0.1, -0.05) is 82.7 Å². The summed E-state index contributed by atoms with van der Waals surface area (Å²) in [6, 6.07) is 25.1. The molecule has 1 amide bonds. The van der Waals surface area contributed by atoms with Crippen LogP contribution in [0.4, 0.5) is 5.69 Å². The van der Waals surface area contributed by atoms with Crippen LogP contribution in [0.15, 0.2) is 89.4 Å². The van der Waals surface area contributed by atoms with E-state index in [0.29, 0.717) is 16.8 Å². The van der Waals surface area contributed by atoms with Crippen molar-refractivity contribution in [3.63, 3.8) is 0 Å². The standard InChI is InChI=1S/C20H16BrNO2/c21-17-12-7-13-18(14-17)22-19(23)20(24,15-8-3-1-4-9-15)16-10-5-2-6-11-16/h1-14,24H,(H,22,23). The van der Waals surface area contributed by atoms with Gasteiger partial charge >= 0.3 is 0 Å². The van der Waals surface area contributed by atoms with Crippen LogP contribution in [0, 0.1) is 0 Å². The molecule has 0 spiro atoms. The lowest BCUT2D eigenvalue weighted by atomic mass is 9.85. The average Bonchev–Trinajstić information content (AvgIpc) is 2.62. The van der Waals surface area contributed by atoms with Crippen LogP contribution >= 0.6 is 15.9 Å². The minimum absolute atomic E-state index is 0.502. The molecule has 0 fully saturated rings. The molecule has 0 aliphatic rings. The molecule has 0 atom stereocenters. The molecule has 3 aromatic carbocycles. The van der Waals surface area contributed by atoms with E-state index in [9.17, 15) is 9.90 Å². The summed E-state index contributed by atoms with van der Waals surface area (Å²) in [5.74, 6) is -0.502. The normalized spacial score (nSPS) is 11.1. The fourth-order valence-corrected chi connectivity index (χ4v) is 2.97. The highest BCUT2D eigenvalue weighted by Gasteiger charge is 2.39. The van der Waals surface area contributed by atoms with E-state index in [2.05, 4.69) is 21.2 Å². The zero-order valence-corrected chi connectivity index (χ0v) is 14.4. The van der Waals surface area contributed by atoms with E-state index in [1.807, 2.05) is 24.3 Å². The van der Waals surface area contributed by atoms with E-state index in [-0.39, 0.29) is 0 Å². The number of hydrogen-bond donors (Lipinski definition) is 2. The number of nitrogens with one attached hydrogen (secondary N) is 1. The Hall–Kier alpha value is -2.43. The Balaban J connectivity index is 2.03. The lowest BCUT2D eigenvalue weighted by Gasteiger charge is -2.28. The van der Waals surface area contributed by atoms with Crippen molar-refractivity contribution < 1.29 is 9.90 Å². The summed E-state index contributed by atoms with van der Waals surface area (Å²) in [5, 5.41) is 14.1. The molecule has 4 heteroatoms. The minimum Gasteiger partial charge on any atom is -0.372 e. The van der Waals surface area contributed by atoms with Crippen LogP contribution in [0.25, 0.3) is 0 Å². The summed E-state index contributed by atoms with van der Waals surface area (Å²) in [5.41, 5.74) is -0.128. The minimum atomic E-state index is -1.77. The van der Waals surface area contributed by atoms with E-state index >= 15 is 0 Å². The van der Waals surface area contributed by atoms with Gasteiger partial charge in [-0.25, -0.2) is 0 Å².